The monoisotopic (exact) mass is 262 g/mol. The second-order valence-corrected chi connectivity index (χ2v) is 4.90. The molecule has 0 saturated carbocycles. The number of nitrogens with zero attached hydrogens (tertiary/aromatic N) is 1. The van der Waals surface area contributed by atoms with Gasteiger partial charge < -0.3 is 15.0 Å². The summed E-state index contributed by atoms with van der Waals surface area (Å²) in [4.78, 5) is 13.8. The van der Waals surface area contributed by atoms with Crippen molar-refractivity contribution >= 4 is 11.6 Å². The second kappa shape index (κ2) is 6.57. The topological polar surface area (TPSA) is 41.6 Å². The molecule has 0 atom stereocenters. The summed E-state index contributed by atoms with van der Waals surface area (Å²) < 4.78 is 5.59. The van der Waals surface area contributed by atoms with Gasteiger partial charge in [-0.05, 0) is 56.6 Å². The predicted molar refractivity (Wildman–Crippen MR) is 76.8 cm³/mol. The molecule has 4 heteroatoms. The first-order chi connectivity index (χ1) is 9.22. The molecule has 0 spiro atoms. The fraction of sp³-hybridized carbons (Fsp3) is 0.533. The van der Waals surface area contributed by atoms with E-state index >= 15 is 0 Å². The lowest BCUT2D eigenvalue weighted by Gasteiger charge is -2.22. The summed E-state index contributed by atoms with van der Waals surface area (Å²) in [5.41, 5.74) is 2.16. The van der Waals surface area contributed by atoms with Crippen LogP contribution < -0.4 is 15.0 Å². The van der Waals surface area contributed by atoms with E-state index in [2.05, 4.69) is 11.4 Å². The summed E-state index contributed by atoms with van der Waals surface area (Å²) in [5, 5.41) is 3.06. The normalized spacial score (nSPS) is 13.6. The molecule has 1 aliphatic heterocycles. The predicted octanol–water partition coefficient (Wildman–Crippen LogP) is 1.97. The number of ether oxygens (including phenoxy) is 1. The van der Waals surface area contributed by atoms with Crippen LogP contribution >= 0.6 is 0 Å². The van der Waals surface area contributed by atoms with E-state index in [4.69, 9.17) is 4.74 Å². The number of hydrogen-bond donors (Lipinski definition) is 1. The Labute approximate surface area is 114 Å². The molecule has 1 amide bonds. The van der Waals surface area contributed by atoms with Gasteiger partial charge in [-0.1, -0.05) is 0 Å². The van der Waals surface area contributed by atoms with Crippen LogP contribution in [-0.4, -0.2) is 33.2 Å². The molecular weight excluding hydrogens is 240 g/mol. The fourth-order valence-corrected chi connectivity index (χ4v) is 2.28. The highest BCUT2D eigenvalue weighted by atomic mass is 16.5. The van der Waals surface area contributed by atoms with Crippen LogP contribution in [0.5, 0.6) is 5.75 Å². The third-order valence-electron chi connectivity index (χ3n) is 3.47. The zero-order valence-electron chi connectivity index (χ0n) is 11.7. The van der Waals surface area contributed by atoms with Gasteiger partial charge in [0.25, 0.3) is 0 Å². The Morgan fingerprint density at radius 2 is 2.32 bits per heavy atom. The minimum absolute atomic E-state index is 0.159. The number of nitrogens with one attached hydrogen (secondary N) is 1. The zero-order chi connectivity index (χ0) is 13.7. The van der Waals surface area contributed by atoms with Gasteiger partial charge in [-0.25, -0.2) is 0 Å². The lowest BCUT2D eigenvalue weighted by molar-refractivity contribution is -0.118. The van der Waals surface area contributed by atoms with Gasteiger partial charge >= 0.3 is 0 Å². The molecule has 0 unspecified atom stereocenters. The molecule has 0 bridgehead atoms. The molecule has 1 aromatic rings. The third kappa shape index (κ3) is 3.47. The van der Waals surface area contributed by atoms with Crippen molar-refractivity contribution in [2.75, 3.05) is 32.1 Å². The summed E-state index contributed by atoms with van der Waals surface area (Å²) >= 11 is 0. The van der Waals surface area contributed by atoms with Crippen LogP contribution in [0.4, 0.5) is 5.69 Å². The summed E-state index contributed by atoms with van der Waals surface area (Å²) in [6.45, 7) is 1.67. The van der Waals surface area contributed by atoms with Crippen LogP contribution in [0.2, 0.25) is 0 Å². The van der Waals surface area contributed by atoms with Gasteiger partial charge in [-0.15, -0.1) is 0 Å². The van der Waals surface area contributed by atoms with Crippen molar-refractivity contribution in [3.63, 3.8) is 0 Å². The molecule has 1 N–H and O–H groups in total. The Kier molecular flexibility index (Phi) is 4.80. The third-order valence-corrected chi connectivity index (χ3v) is 3.47. The molecule has 0 saturated heterocycles. The molecule has 19 heavy (non-hydrogen) atoms. The lowest BCUT2D eigenvalue weighted by atomic mass is 10.1. The van der Waals surface area contributed by atoms with E-state index in [1.165, 1.54) is 5.56 Å². The van der Waals surface area contributed by atoms with Crippen molar-refractivity contribution in [1.82, 2.24) is 5.32 Å². The van der Waals surface area contributed by atoms with Gasteiger partial charge in [0.2, 0.25) is 5.91 Å². The fourth-order valence-electron chi connectivity index (χ4n) is 2.28. The van der Waals surface area contributed by atoms with Gasteiger partial charge in [-0.2, -0.15) is 0 Å². The number of anilines is 1. The van der Waals surface area contributed by atoms with E-state index in [1.54, 1.807) is 4.90 Å². The molecule has 0 fully saturated rings. The Hall–Kier alpha value is -1.55. The van der Waals surface area contributed by atoms with Crippen molar-refractivity contribution in [3.05, 3.63) is 23.8 Å². The SMILES string of the molecule is CNCCCC(=O)N(C)c1ccc2c(c1)CCCO2. The highest BCUT2D eigenvalue weighted by Crippen LogP contribution is 2.29. The average molecular weight is 262 g/mol. The smallest absolute Gasteiger partial charge is 0.226 e. The van der Waals surface area contributed by atoms with Gasteiger partial charge in [0.05, 0.1) is 6.61 Å². The molecule has 2 rings (SSSR count). The molecule has 0 aliphatic carbocycles. The van der Waals surface area contributed by atoms with E-state index < -0.39 is 0 Å². The average Bonchev–Trinajstić information content (AvgIpc) is 2.46. The maximum absolute atomic E-state index is 12.1. The van der Waals surface area contributed by atoms with Crippen LogP contribution in [0, 0.1) is 0 Å². The standard InChI is InChI=1S/C15H22N2O2/c1-16-9-3-6-15(18)17(2)13-7-8-14-12(11-13)5-4-10-19-14/h7-8,11,16H,3-6,9-10H2,1-2H3. The van der Waals surface area contributed by atoms with E-state index in [1.807, 2.05) is 26.2 Å². The molecule has 1 aliphatic rings. The van der Waals surface area contributed by atoms with Gasteiger partial charge in [-0.3, -0.25) is 4.79 Å². The van der Waals surface area contributed by atoms with Gasteiger partial charge in [0, 0.05) is 19.2 Å². The molecule has 104 valence electrons. The largest absolute Gasteiger partial charge is 0.493 e. The number of aryl methyl sites for hydroxylation is 1. The first-order valence-corrected chi connectivity index (χ1v) is 6.89. The molecule has 0 aromatic heterocycles. The minimum atomic E-state index is 0.159. The highest BCUT2D eigenvalue weighted by Gasteiger charge is 2.15. The molecule has 1 heterocycles. The number of fused-ring (bicyclic) bond motifs is 1. The quantitative estimate of drug-likeness (QED) is 0.825. The Balaban J connectivity index is 2.02. The summed E-state index contributed by atoms with van der Waals surface area (Å²) in [7, 11) is 3.74. The van der Waals surface area contributed by atoms with Crippen molar-refractivity contribution in [2.24, 2.45) is 0 Å². The van der Waals surface area contributed by atoms with E-state index in [0.29, 0.717) is 6.42 Å². The minimum Gasteiger partial charge on any atom is -0.493 e. The highest BCUT2D eigenvalue weighted by molar-refractivity contribution is 5.92. The van der Waals surface area contributed by atoms with Crippen molar-refractivity contribution in [3.8, 4) is 5.75 Å². The van der Waals surface area contributed by atoms with E-state index in [-0.39, 0.29) is 5.91 Å². The Morgan fingerprint density at radius 1 is 1.47 bits per heavy atom. The van der Waals surface area contributed by atoms with Crippen molar-refractivity contribution in [1.29, 1.82) is 0 Å². The van der Waals surface area contributed by atoms with Crippen LogP contribution in [0.25, 0.3) is 0 Å². The molecular formula is C15H22N2O2. The number of carbonyl (C=O) groups excluding carboxylic acids is 1. The van der Waals surface area contributed by atoms with Crippen LogP contribution in [0.1, 0.15) is 24.8 Å². The van der Waals surface area contributed by atoms with Crippen molar-refractivity contribution < 1.29 is 9.53 Å². The summed E-state index contributed by atoms with van der Waals surface area (Å²) in [5.74, 6) is 1.12. The van der Waals surface area contributed by atoms with Gasteiger partial charge in [0.15, 0.2) is 0 Å². The first kappa shape index (κ1) is 13.9. The van der Waals surface area contributed by atoms with Crippen LogP contribution in [0.15, 0.2) is 18.2 Å². The van der Waals surface area contributed by atoms with Crippen LogP contribution in [0.3, 0.4) is 0 Å². The summed E-state index contributed by atoms with van der Waals surface area (Å²) in [6, 6.07) is 6.01. The number of amides is 1. The van der Waals surface area contributed by atoms with Crippen LogP contribution in [-0.2, 0) is 11.2 Å². The zero-order valence-corrected chi connectivity index (χ0v) is 11.7. The molecule has 0 radical (unpaired) electrons. The number of carbonyl (C=O) groups is 1. The Morgan fingerprint density at radius 3 is 3.11 bits per heavy atom. The maximum atomic E-state index is 12.1. The van der Waals surface area contributed by atoms with Crippen molar-refractivity contribution in [2.45, 2.75) is 25.7 Å². The van der Waals surface area contributed by atoms with E-state index in [0.717, 1.165) is 43.9 Å². The second-order valence-electron chi connectivity index (χ2n) is 4.90. The first-order valence-electron chi connectivity index (χ1n) is 6.89. The van der Waals surface area contributed by atoms with Gasteiger partial charge in [0.1, 0.15) is 5.75 Å². The number of benzene rings is 1. The molecule has 4 nitrogen and oxygen atoms in total. The summed E-state index contributed by atoms with van der Waals surface area (Å²) in [6.07, 6.45) is 3.53. The number of hydrogen-bond acceptors (Lipinski definition) is 3. The lowest BCUT2D eigenvalue weighted by Crippen LogP contribution is -2.27. The Bertz CT molecular complexity index is 446. The number of rotatable bonds is 5. The maximum Gasteiger partial charge on any atom is 0.226 e. The van der Waals surface area contributed by atoms with E-state index in [9.17, 15) is 4.79 Å². The molecule has 1 aromatic carbocycles.